The number of carbonyl (C=O) groups excluding carboxylic acids is 1. The van der Waals surface area contributed by atoms with Crippen molar-refractivity contribution in [1.29, 1.82) is 0 Å². The molecule has 0 bridgehead atoms. The fraction of sp³-hybridized carbons (Fsp3) is 0.267. The van der Waals surface area contributed by atoms with Crippen molar-refractivity contribution in [2.75, 3.05) is 5.32 Å². The number of pyridine rings is 2. The van der Waals surface area contributed by atoms with Crippen LogP contribution in [0.3, 0.4) is 0 Å². The lowest BCUT2D eigenvalue weighted by Gasteiger charge is -2.18. The number of anilines is 1. The van der Waals surface area contributed by atoms with Gasteiger partial charge in [0.25, 0.3) is 5.91 Å². The van der Waals surface area contributed by atoms with Crippen molar-refractivity contribution in [2.24, 2.45) is 0 Å². The molecule has 2 heterocycles. The summed E-state index contributed by atoms with van der Waals surface area (Å²) >= 11 is 12.0. The van der Waals surface area contributed by atoms with E-state index < -0.39 is 0 Å². The minimum atomic E-state index is -0.328. The predicted molar refractivity (Wildman–Crippen MR) is 85.1 cm³/mol. The van der Waals surface area contributed by atoms with Gasteiger partial charge in [0, 0.05) is 22.9 Å². The molecule has 0 radical (unpaired) electrons. The number of hydrogen-bond acceptors (Lipinski definition) is 3. The van der Waals surface area contributed by atoms with Gasteiger partial charge in [-0.3, -0.25) is 4.79 Å². The molecule has 0 fully saturated rings. The zero-order valence-corrected chi connectivity index (χ0v) is 13.5. The molecule has 0 aliphatic rings. The van der Waals surface area contributed by atoms with Crippen molar-refractivity contribution in [3.63, 3.8) is 0 Å². The van der Waals surface area contributed by atoms with Crippen LogP contribution in [0.15, 0.2) is 30.5 Å². The Hall–Kier alpha value is -1.65. The van der Waals surface area contributed by atoms with Crippen LogP contribution in [-0.2, 0) is 5.41 Å². The Labute approximate surface area is 133 Å². The van der Waals surface area contributed by atoms with Crippen molar-refractivity contribution in [3.05, 3.63) is 51.9 Å². The maximum Gasteiger partial charge on any atom is 0.257 e. The molecule has 0 spiro atoms. The third-order valence-corrected chi connectivity index (χ3v) is 3.31. The maximum absolute atomic E-state index is 12.3. The van der Waals surface area contributed by atoms with E-state index in [1.165, 1.54) is 6.07 Å². The highest BCUT2D eigenvalue weighted by Crippen LogP contribution is 2.24. The van der Waals surface area contributed by atoms with E-state index in [0.29, 0.717) is 16.4 Å². The van der Waals surface area contributed by atoms with Gasteiger partial charge >= 0.3 is 0 Å². The Morgan fingerprint density at radius 1 is 1.24 bits per heavy atom. The van der Waals surface area contributed by atoms with Crippen molar-refractivity contribution in [1.82, 2.24) is 9.97 Å². The van der Waals surface area contributed by atoms with E-state index in [1.54, 1.807) is 24.4 Å². The SMILES string of the molecule is CC(C)(C)c1cc(C(=O)Nc2ncccc2Cl)cc(Cl)n1. The molecular formula is C15H15Cl2N3O. The molecule has 0 atom stereocenters. The quantitative estimate of drug-likeness (QED) is 0.836. The van der Waals surface area contributed by atoms with E-state index >= 15 is 0 Å². The molecule has 21 heavy (non-hydrogen) atoms. The number of carbonyl (C=O) groups is 1. The summed E-state index contributed by atoms with van der Waals surface area (Å²) in [5, 5.41) is 3.32. The molecule has 0 saturated heterocycles. The summed E-state index contributed by atoms with van der Waals surface area (Å²) in [4.78, 5) is 20.6. The maximum atomic E-state index is 12.3. The summed E-state index contributed by atoms with van der Waals surface area (Å²) in [6, 6.07) is 6.59. The first kappa shape index (κ1) is 15.7. The third-order valence-electron chi connectivity index (χ3n) is 2.82. The Morgan fingerprint density at radius 2 is 1.95 bits per heavy atom. The van der Waals surface area contributed by atoms with Crippen molar-refractivity contribution in [3.8, 4) is 0 Å². The normalized spacial score (nSPS) is 11.3. The van der Waals surface area contributed by atoms with Crippen LogP contribution in [0.2, 0.25) is 10.2 Å². The van der Waals surface area contributed by atoms with Gasteiger partial charge in [-0.05, 0) is 24.3 Å². The number of hydrogen-bond donors (Lipinski definition) is 1. The van der Waals surface area contributed by atoms with Crippen molar-refractivity contribution in [2.45, 2.75) is 26.2 Å². The fourth-order valence-electron chi connectivity index (χ4n) is 1.67. The molecule has 4 nitrogen and oxygen atoms in total. The van der Waals surface area contributed by atoms with Crippen LogP contribution >= 0.6 is 23.2 Å². The zero-order chi connectivity index (χ0) is 15.6. The lowest BCUT2D eigenvalue weighted by Crippen LogP contribution is -2.18. The van der Waals surface area contributed by atoms with Gasteiger partial charge in [-0.25, -0.2) is 9.97 Å². The molecule has 2 rings (SSSR count). The fourth-order valence-corrected chi connectivity index (χ4v) is 2.05. The van der Waals surface area contributed by atoms with Gasteiger partial charge in [0.15, 0.2) is 5.82 Å². The molecule has 2 aromatic rings. The summed E-state index contributed by atoms with van der Waals surface area (Å²) in [7, 11) is 0. The smallest absolute Gasteiger partial charge is 0.257 e. The Balaban J connectivity index is 2.32. The summed E-state index contributed by atoms with van der Waals surface area (Å²) in [6.07, 6.45) is 1.56. The van der Waals surface area contributed by atoms with Crippen LogP contribution in [0.1, 0.15) is 36.8 Å². The molecule has 2 aromatic heterocycles. The first-order valence-electron chi connectivity index (χ1n) is 6.37. The van der Waals surface area contributed by atoms with E-state index in [2.05, 4.69) is 15.3 Å². The summed E-state index contributed by atoms with van der Waals surface area (Å²) in [5.74, 6) is -0.0141. The van der Waals surface area contributed by atoms with Gasteiger partial charge in [-0.1, -0.05) is 44.0 Å². The molecule has 0 aliphatic carbocycles. The average Bonchev–Trinajstić information content (AvgIpc) is 2.39. The Kier molecular flexibility index (Phi) is 4.49. The van der Waals surface area contributed by atoms with E-state index in [1.807, 2.05) is 20.8 Å². The van der Waals surface area contributed by atoms with E-state index in [4.69, 9.17) is 23.2 Å². The van der Waals surface area contributed by atoms with Crippen molar-refractivity contribution < 1.29 is 4.79 Å². The summed E-state index contributed by atoms with van der Waals surface area (Å²) < 4.78 is 0. The summed E-state index contributed by atoms with van der Waals surface area (Å²) in [6.45, 7) is 6.01. The van der Waals surface area contributed by atoms with Crippen LogP contribution in [0, 0.1) is 0 Å². The predicted octanol–water partition coefficient (Wildman–Crippen LogP) is 4.33. The first-order valence-corrected chi connectivity index (χ1v) is 7.13. The van der Waals surface area contributed by atoms with Gasteiger partial charge in [-0.15, -0.1) is 0 Å². The molecule has 6 heteroatoms. The molecule has 110 valence electrons. The molecule has 0 aliphatic heterocycles. The minimum Gasteiger partial charge on any atom is -0.305 e. The van der Waals surface area contributed by atoms with Gasteiger partial charge < -0.3 is 5.32 Å². The van der Waals surface area contributed by atoms with Gasteiger partial charge in [-0.2, -0.15) is 0 Å². The second-order valence-corrected chi connectivity index (χ2v) is 6.40. The van der Waals surface area contributed by atoms with Gasteiger partial charge in [0.2, 0.25) is 0 Å². The highest BCUT2D eigenvalue weighted by molar-refractivity contribution is 6.33. The van der Waals surface area contributed by atoms with Gasteiger partial charge in [0.05, 0.1) is 5.02 Å². The third kappa shape index (κ3) is 3.93. The Morgan fingerprint density at radius 3 is 2.57 bits per heavy atom. The molecular weight excluding hydrogens is 309 g/mol. The van der Waals surface area contributed by atoms with Gasteiger partial charge in [0.1, 0.15) is 5.15 Å². The monoisotopic (exact) mass is 323 g/mol. The van der Waals surface area contributed by atoms with Crippen LogP contribution in [-0.4, -0.2) is 15.9 Å². The van der Waals surface area contributed by atoms with E-state index in [0.717, 1.165) is 5.69 Å². The molecule has 0 unspecified atom stereocenters. The van der Waals surface area contributed by atoms with E-state index in [9.17, 15) is 4.79 Å². The molecule has 0 aromatic carbocycles. The minimum absolute atomic E-state index is 0.206. The number of nitrogens with zero attached hydrogens (tertiary/aromatic N) is 2. The molecule has 1 amide bonds. The number of rotatable bonds is 2. The van der Waals surface area contributed by atoms with Crippen molar-refractivity contribution >= 4 is 34.9 Å². The van der Waals surface area contributed by atoms with Crippen LogP contribution in [0.25, 0.3) is 0 Å². The first-order chi connectivity index (χ1) is 9.77. The summed E-state index contributed by atoms with van der Waals surface area (Å²) in [5.41, 5.74) is 0.955. The van der Waals surface area contributed by atoms with Crippen LogP contribution in [0.5, 0.6) is 0 Å². The zero-order valence-electron chi connectivity index (χ0n) is 11.9. The number of nitrogens with one attached hydrogen (secondary N) is 1. The number of amides is 1. The van der Waals surface area contributed by atoms with Crippen LogP contribution < -0.4 is 5.32 Å². The largest absolute Gasteiger partial charge is 0.305 e. The number of aromatic nitrogens is 2. The average molecular weight is 324 g/mol. The van der Waals surface area contributed by atoms with Crippen LogP contribution in [0.4, 0.5) is 5.82 Å². The Bertz CT molecular complexity index is 681. The standard InChI is InChI=1S/C15H15Cl2N3O/c1-15(2,3)11-7-9(8-12(17)19-11)14(21)20-13-10(16)5-4-6-18-13/h4-8H,1-3H3,(H,18,20,21). The second-order valence-electron chi connectivity index (χ2n) is 5.60. The number of halogens is 2. The second kappa shape index (κ2) is 6.00. The molecule has 0 saturated carbocycles. The van der Waals surface area contributed by atoms with E-state index in [-0.39, 0.29) is 16.5 Å². The topological polar surface area (TPSA) is 54.9 Å². The lowest BCUT2D eigenvalue weighted by molar-refractivity contribution is 0.102. The lowest BCUT2D eigenvalue weighted by atomic mass is 9.91. The molecule has 1 N–H and O–H groups in total. The highest BCUT2D eigenvalue weighted by atomic mass is 35.5. The highest BCUT2D eigenvalue weighted by Gasteiger charge is 2.19.